The molecule has 7 nitrogen and oxygen atoms in total. The third kappa shape index (κ3) is 5.25. The number of sulfonamides is 1. The van der Waals surface area contributed by atoms with Gasteiger partial charge in [0.2, 0.25) is 10.0 Å². The number of nitrogens with zero attached hydrogens (tertiary/aromatic N) is 1. The Bertz CT molecular complexity index is 1420. The van der Waals surface area contributed by atoms with Crippen LogP contribution in [0.5, 0.6) is 23.0 Å². The van der Waals surface area contributed by atoms with Crippen molar-refractivity contribution in [2.45, 2.75) is 30.0 Å². The number of hydrogen-bond acceptors (Lipinski definition) is 6. The smallest absolute Gasteiger partial charge is 0.416 e. The maximum absolute atomic E-state index is 13.8. The second-order valence-electron chi connectivity index (χ2n) is 8.71. The van der Waals surface area contributed by atoms with Crippen molar-refractivity contribution in [3.8, 4) is 23.0 Å². The van der Waals surface area contributed by atoms with E-state index in [1.165, 1.54) is 38.8 Å². The molecule has 0 saturated carbocycles. The molecule has 38 heavy (non-hydrogen) atoms. The van der Waals surface area contributed by atoms with Crippen molar-refractivity contribution >= 4 is 10.0 Å². The van der Waals surface area contributed by atoms with Gasteiger partial charge in [-0.3, -0.25) is 0 Å². The number of alkyl halides is 3. The average Bonchev–Trinajstić information content (AvgIpc) is 2.91. The van der Waals surface area contributed by atoms with Crippen molar-refractivity contribution in [3.05, 3.63) is 76.9 Å². The van der Waals surface area contributed by atoms with Crippen LogP contribution in [0, 0.1) is 0 Å². The fraction of sp³-hybridized carbons (Fsp3) is 0.333. The second-order valence-corrected chi connectivity index (χ2v) is 10.6. The molecule has 0 fully saturated rings. The summed E-state index contributed by atoms with van der Waals surface area (Å²) in [7, 11) is 1.69. The maximum atomic E-state index is 13.8. The van der Waals surface area contributed by atoms with E-state index in [-0.39, 0.29) is 13.0 Å². The zero-order valence-corrected chi connectivity index (χ0v) is 22.2. The van der Waals surface area contributed by atoms with Crippen molar-refractivity contribution in [3.63, 3.8) is 0 Å². The Labute approximate surface area is 219 Å². The molecule has 1 heterocycles. The monoisotopic (exact) mass is 551 g/mol. The number of ether oxygens (including phenoxy) is 4. The van der Waals surface area contributed by atoms with Gasteiger partial charge in [0.1, 0.15) is 0 Å². The van der Waals surface area contributed by atoms with Crippen LogP contribution < -0.4 is 18.9 Å². The Morgan fingerprint density at radius 1 is 0.842 bits per heavy atom. The van der Waals surface area contributed by atoms with Crippen molar-refractivity contribution in [1.82, 2.24) is 4.31 Å². The summed E-state index contributed by atoms with van der Waals surface area (Å²) in [6.07, 6.45) is -4.11. The zero-order chi connectivity index (χ0) is 27.7. The van der Waals surface area contributed by atoms with Gasteiger partial charge in [-0.15, -0.1) is 0 Å². The van der Waals surface area contributed by atoms with Gasteiger partial charge in [0.15, 0.2) is 23.0 Å². The molecule has 1 aliphatic rings. The van der Waals surface area contributed by atoms with E-state index in [9.17, 15) is 21.6 Å². The molecule has 0 aliphatic carbocycles. The van der Waals surface area contributed by atoms with Gasteiger partial charge in [0, 0.05) is 6.54 Å². The first-order chi connectivity index (χ1) is 18.0. The van der Waals surface area contributed by atoms with Crippen LogP contribution in [0.25, 0.3) is 0 Å². The van der Waals surface area contributed by atoms with Crippen LogP contribution in [0.15, 0.2) is 59.5 Å². The van der Waals surface area contributed by atoms with Gasteiger partial charge < -0.3 is 18.9 Å². The van der Waals surface area contributed by atoms with Crippen LogP contribution >= 0.6 is 0 Å². The van der Waals surface area contributed by atoms with Gasteiger partial charge in [-0.1, -0.05) is 12.1 Å². The van der Waals surface area contributed by atoms with Crippen molar-refractivity contribution < 1.29 is 40.5 Å². The van der Waals surface area contributed by atoms with E-state index in [4.69, 9.17) is 18.9 Å². The molecular formula is C27H28F3NO6S. The maximum Gasteiger partial charge on any atom is 0.416 e. The van der Waals surface area contributed by atoms with Gasteiger partial charge in [-0.05, 0) is 72.0 Å². The molecule has 3 aromatic carbocycles. The second kappa shape index (κ2) is 10.7. The third-order valence-electron chi connectivity index (χ3n) is 6.60. The predicted octanol–water partition coefficient (Wildman–Crippen LogP) is 5.27. The minimum Gasteiger partial charge on any atom is -0.493 e. The highest BCUT2D eigenvalue weighted by Gasteiger charge is 2.39. The van der Waals surface area contributed by atoms with Gasteiger partial charge in [-0.25, -0.2) is 8.42 Å². The molecule has 0 bridgehead atoms. The average molecular weight is 552 g/mol. The molecule has 3 aromatic rings. The quantitative estimate of drug-likeness (QED) is 0.380. The number of benzene rings is 3. The standard InChI is InChI=1S/C27H28F3NO6S/c1-34-23-9-8-17(13-24(23)35-2)12-22-21-16-26(37-4)25(36-3)14-18(21)10-11-31(22)38(32,33)20-7-5-6-19(15-20)27(28,29)30/h5-9,13-16,22H,10-12H2,1-4H3/t22-/m1/s1. The molecule has 0 N–H and O–H groups in total. The molecule has 0 saturated heterocycles. The van der Waals surface area contributed by atoms with E-state index in [1.807, 2.05) is 6.07 Å². The first-order valence-electron chi connectivity index (χ1n) is 11.7. The summed E-state index contributed by atoms with van der Waals surface area (Å²) in [5, 5.41) is 0. The minimum atomic E-state index is -4.68. The molecule has 0 amide bonds. The normalized spacial score (nSPS) is 16.0. The lowest BCUT2D eigenvalue weighted by Gasteiger charge is -2.37. The first kappa shape index (κ1) is 27.6. The van der Waals surface area contributed by atoms with E-state index >= 15 is 0 Å². The molecule has 0 unspecified atom stereocenters. The van der Waals surface area contributed by atoms with Crippen LogP contribution in [-0.4, -0.2) is 47.7 Å². The molecule has 0 spiro atoms. The molecule has 11 heteroatoms. The Kier molecular flexibility index (Phi) is 7.80. The number of halogens is 3. The topological polar surface area (TPSA) is 74.3 Å². The van der Waals surface area contributed by atoms with Gasteiger partial charge in [-0.2, -0.15) is 17.5 Å². The van der Waals surface area contributed by atoms with Crippen LogP contribution in [0.2, 0.25) is 0 Å². The molecule has 1 atom stereocenters. The Hall–Kier alpha value is -3.44. The van der Waals surface area contributed by atoms with Crippen molar-refractivity contribution in [2.24, 2.45) is 0 Å². The van der Waals surface area contributed by atoms with E-state index in [0.717, 1.165) is 23.3 Å². The Morgan fingerprint density at radius 2 is 1.47 bits per heavy atom. The van der Waals surface area contributed by atoms with Crippen molar-refractivity contribution in [1.29, 1.82) is 0 Å². The summed E-state index contributed by atoms with van der Waals surface area (Å²) in [5.41, 5.74) is 1.27. The summed E-state index contributed by atoms with van der Waals surface area (Å²) < 4.78 is 90.7. The van der Waals surface area contributed by atoms with Gasteiger partial charge in [0.25, 0.3) is 0 Å². The molecule has 4 rings (SSSR count). The summed E-state index contributed by atoms with van der Waals surface area (Å²) >= 11 is 0. The fourth-order valence-electron chi connectivity index (χ4n) is 4.70. The van der Waals surface area contributed by atoms with E-state index in [2.05, 4.69) is 0 Å². The van der Waals surface area contributed by atoms with Crippen LogP contribution in [0.3, 0.4) is 0 Å². The van der Waals surface area contributed by atoms with Crippen LogP contribution in [0.4, 0.5) is 13.2 Å². The fourth-order valence-corrected chi connectivity index (χ4v) is 6.36. The van der Waals surface area contributed by atoms with Gasteiger partial charge >= 0.3 is 6.18 Å². The Morgan fingerprint density at radius 3 is 2.11 bits per heavy atom. The predicted molar refractivity (Wildman–Crippen MR) is 135 cm³/mol. The molecular weight excluding hydrogens is 523 g/mol. The minimum absolute atomic E-state index is 0.0685. The highest BCUT2D eigenvalue weighted by Crippen LogP contribution is 2.42. The largest absolute Gasteiger partial charge is 0.493 e. The van der Waals surface area contributed by atoms with E-state index < -0.39 is 32.7 Å². The number of rotatable bonds is 8. The van der Waals surface area contributed by atoms with Crippen LogP contribution in [0.1, 0.15) is 28.3 Å². The summed E-state index contributed by atoms with van der Waals surface area (Å²) in [6, 6.07) is 11.9. The zero-order valence-electron chi connectivity index (χ0n) is 21.3. The number of hydrogen-bond donors (Lipinski definition) is 0. The summed E-state index contributed by atoms with van der Waals surface area (Å²) in [4.78, 5) is -0.423. The highest BCUT2D eigenvalue weighted by atomic mass is 32.2. The highest BCUT2D eigenvalue weighted by molar-refractivity contribution is 7.89. The number of fused-ring (bicyclic) bond motifs is 1. The lowest BCUT2D eigenvalue weighted by atomic mass is 9.89. The lowest BCUT2D eigenvalue weighted by molar-refractivity contribution is -0.137. The van der Waals surface area contributed by atoms with Crippen LogP contribution in [-0.2, 0) is 29.0 Å². The third-order valence-corrected chi connectivity index (χ3v) is 8.50. The Balaban J connectivity index is 1.85. The van der Waals surface area contributed by atoms with E-state index in [0.29, 0.717) is 41.0 Å². The van der Waals surface area contributed by atoms with E-state index in [1.54, 1.807) is 24.3 Å². The SMILES string of the molecule is COc1ccc(C[C@@H]2c3cc(OC)c(OC)cc3CCN2S(=O)(=O)c2cccc(C(F)(F)F)c2)cc1OC. The molecule has 204 valence electrons. The molecule has 0 aromatic heterocycles. The molecule has 1 aliphatic heterocycles. The number of methoxy groups -OCH3 is 4. The summed E-state index contributed by atoms with van der Waals surface area (Å²) in [5.74, 6) is 1.91. The first-order valence-corrected chi connectivity index (χ1v) is 13.1. The van der Waals surface area contributed by atoms with Crippen molar-refractivity contribution in [2.75, 3.05) is 35.0 Å². The molecule has 0 radical (unpaired) electrons. The lowest BCUT2D eigenvalue weighted by Crippen LogP contribution is -2.41. The summed E-state index contributed by atoms with van der Waals surface area (Å²) in [6.45, 7) is 0.0685. The van der Waals surface area contributed by atoms with Gasteiger partial charge in [0.05, 0.1) is 44.9 Å².